The minimum Gasteiger partial charge on any atom is -0.158 e. The van der Waals surface area contributed by atoms with Gasteiger partial charge in [0.25, 0.3) is 0 Å². The van der Waals surface area contributed by atoms with E-state index in [1.165, 1.54) is 56.1 Å². The van der Waals surface area contributed by atoms with E-state index in [2.05, 4.69) is 80.1 Å². The molecule has 0 N–H and O–H groups in total. The van der Waals surface area contributed by atoms with Crippen LogP contribution >= 0.6 is 0 Å². The summed E-state index contributed by atoms with van der Waals surface area (Å²) >= 11 is 0. The Hall–Kier alpha value is -2.48. The van der Waals surface area contributed by atoms with Crippen molar-refractivity contribution in [1.82, 2.24) is 0 Å². The molecule has 3 rings (SSSR count). The van der Waals surface area contributed by atoms with Crippen molar-refractivity contribution in [1.29, 1.82) is 0 Å². The molecule has 176 valence electrons. The van der Waals surface area contributed by atoms with Gasteiger partial charge in [0.15, 0.2) is 0 Å². The first-order valence-corrected chi connectivity index (χ1v) is 13.1. The molecule has 0 saturated heterocycles. The number of unbranched alkanes of at least 4 members (excludes halogenated alkanes) is 1. The molecule has 0 spiro atoms. The molecule has 0 heterocycles. The first kappa shape index (κ1) is 25.1. The van der Waals surface area contributed by atoms with Crippen molar-refractivity contribution in [2.45, 2.75) is 78.1 Å². The van der Waals surface area contributed by atoms with Gasteiger partial charge in [-0.05, 0) is 73.5 Å². The molecule has 1 aliphatic rings. The number of hydrogen-bond acceptors (Lipinski definition) is 2. The van der Waals surface area contributed by atoms with Crippen molar-refractivity contribution >= 4 is 11.9 Å². The summed E-state index contributed by atoms with van der Waals surface area (Å²) in [6, 6.07) is 19.4. The lowest BCUT2D eigenvalue weighted by Gasteiger charge is -2.34. The lowest BCUT2D eigenvalue weighted by atomic mass is 9.72. The standard InChI is InChI=1S/C31H42N2/c1-4-7-9-13-25-16-18-26(19-17-25)24-32-33-31(29-14-10-8-11-15-29)30-22-20-28(21-23-30)27(6-3)12-5-2/h4,8,10-11,14-19,24,27-28,30H,1,5-7,9,12-13,20-23H2,2-3H3/t27?,28-,30-. The molecule has 2 aromatic carbocycles. The first-order valence-electron chi connectivity index (χ1n) is 13.1. The van der Waals surface area contributed by atoms with Gasteiger partial charge < -0.3 is 0 Å². The monoisotopic (exact) mass is 442 g/mol. The molecule has 0 radical (unpaired) electrons. The van der Waals surface area contributed by atoms with Crippen LogP contribution in [0, 0.1) is 17.8 Å². The van der Waals surface area contributed by atoms with Crippen molar-refractivity contribution in [2.75, 3.05) is 0 Å². The summed E-state index contributed by atoms with van der Waals surface area (Å²) in [5, 5.41) is 9.35. The molecule has 1 saturated carbocycles. The molecule has 33 heavy (non-hydrogen) atoms. The summed E-state index contributed by atoms with van der Waals surface area (Å²) in [4.78, 5) is 0. The molecule has 2 nitrogen and oxygen atoms in total. The maximum Gasteiger partial charge on any atom is 0.0733 e. The lowest BCUT2D eigenvalue weighted by Crippen LogP contribution is -2.26. The summed E-state index contributed by atoms with van der Waals surface area (Å²) < 4.78 is 0. The summed E-state index contributed by atoms with van der Waals surface area (Å²) in [6.07, 6.45) is 16.3. The topological polar surface area (TPSA) is 24.7 Å². The Kier molecular flexibility index (Phi) is 10.6. The first-order chi connectivity index (χ1) is 16.2. The fraction of sp³-hybridized carbons (Fsp3) is 0.484. The van der Waals surface area contributed by atoms with Gasteiger partial charge >= 0.3 is 0 Å². The maximum absolute atomic E-state index is 4.80. The van der Waals surface area contributed by atoms with E-state index in [0.717, 1.165) is 42.4 Å². The normalized spacial score (nSPS) is 20.1. The van der Waals surface area contributed by atoms with Crippen LogP contribution in [0.5, 0.6) is 0 Å². The minimum absolute atomic E-state index is 0.507. The smallest absolute Gasteiger partial charge is 0.0733 e. The van der Waals surface area contributed by atoms with Gasteiger partial charge in [-0.2, -0.15) is 10.2 Å². The summed E-state index contributed by atoms with van der Waals surface area (Å²) in [6.45, 7) is 8.49. The predicted molar refractivity (Wildman–Crippen MR) is 144 cm³/mol. The number of aryl methyl sites for hydroxylation is 1. The zero-order valence-corrected chi connectivity index (χ0v) is 20.8. The Morgan fingerprint density at radius 1 is 1.00 bits per heavy atom. The molecular weight excluding hydrogens is 400 g/mol. The van der Waals surface area contributed by atoms with Gasteiger partial charge in [-0.1, -0.05) is 93.8 Å². The van der Waals surface area contributed by atoms with E-state index in [4.69, 9.17) is 5.10 Å². The summed E-state index contributed by atoms with van der Waals surface area (Å²) in [5.74, 6) is 2.29. The van der Waals surface area contributed by atoms with E-state index >= 15 is 0 Å². The molecular formula is C31H42N2. The highest BCUT2D eigenvalue weighted by Crippen LogP contribution is 2.38. The van der Waals surface area contributed by atoms with E-state index < -0.39 is 0 Å². The summed E-state index contributed by atoms with van der Waals surface area (Å²) in [5.41, 5.74) is 4.85. The molecule has 0 aliphatic heterocycles. The second kappa shape index (κ2) is 13.9. The van der Waals surface area contributed by atoms with Crippen LogP contribution < -0.4 is 0 Å². The maximum atomic E-state index is 4.80. The number of benzene rings is 2. The lowest BCUT2D eigenvalue weighted by molar-refractivity contribution is 0.212. The van der Waals surface area contributed by atoms with Crippen molar-refractivity contribution in [3.8, 4) is 0 Å². The van der Waals surface area contributed by atoms with Gasteiger partial charge in [0.2, 0.25) is 0 Å². The number of nitrogens with zero attached hydrogens (tertiary/aromatic N) is 2. The average Bonchev–Trinajstić information content (AvgIpc) is 2.87. The molecule has 1 fully saturated rings. The SMILES string of the molecule is C=CCCCc1ccc(C=NN=C(c2ccccc2)[C@H]2CC[C@H](C(CC)CCC)CC2)cc1. The highest BCUT2D eigenvalue weighted by Gasteiger charge is 2.29. The van der Waals surface area contributed by atoms with Crippen LogP contribution in [-0.4, -0.2) is 11.9 Å². The quantitative estimate of drug-likeness (QED) is 0.136. The molecule has 0 amide bonds. The highest BCUT2D eigenvalue weighted by atomic mass is 15.2. The third-order valence-corrected chi connectivity index (χ3v) is 7.30. The van der Waals surface area contributed by atoms with Gasteiger partial charge in [-0.3, -0.25) is 0 Å². The molecule has 1 unspecified atom stereocenters. The zero-order valence-electron chi connectivity index (χ0n) is 20.8. The van der Waals surface area contributed by atoms with Crippen molar-refractivity contribution in [2.24, 2.45) is 28.0 Å². The molecule has 2 aromatic rings. The van der Waals surface area contributed by atoms with Crippen LogP contribution in [0.1, 0.15) is 88.3 Å². The van der Waals surface area contributed by atoms with E-state index in [9.17, 15) is 0 Å². The molecule has 0 bridgehead atoms. The van der Waals surface area contributed by atoms with E-state index in [1.54, 1.807) is 0 Å². The van der Waals surface area contributed by atoms with Crippen LogP contribution in [0.4, 0.5) is 0 Å². The molecule has 1 atom stereocenters. The van der Waals surface area contributed by atoms with Gasteiger partial charge in [-0.15, -0.1) is 6.58 Å². The zero-order chi connectivity index (χ0) is 23.3. The van der Waals surface area contributed by atoms with Crippen LogP contribution in [0.15, 0.2) is 77.5 Å². The van der Waals surface area contributed by atoms with Gasteiger partial charge in [0.05, 0.1) is 11.9 Å². The fourth-order valence-corrected chi connectivity index (χ4v) is 5.37. The Labute approximate surface area is 201 Å². The number of allylic oxidation sites excluding steroid dienone is 1. The molecule has 2 heteroatoms. The Bertz CT molecular complexity index is 871. The number of rotatable bonds is 12. The third kappa shape index (κ3) is 7.81. The highest BCUT2D eigenvalue weighted by molar-refractivity contribution is 6.02. The Morgan fingerprint density at radius 3 is 2.36 bits per heavy atom. The van der Waals surface area contributed by atoms with E-state index in [0.29, 0.717) is 5.92 Å². The largest absolute Gasteiger partial charge is 0.158 e. The molecule has 1 aliphatic carbocycles. The van der Waals surface area contributed by atoms with E-state index in [1.807, 2.05) is 12.3 Å². The molecule has 0 aromatic heterocycles. The van der Waals surface area contributed by atoms with E-state index in [-0.39, 0.29) is 0 Å². The summed E-state index contributed by atoms with van der Waals surface area (Å²) in [7, 11) is 0. The van der Waals surface area contributed by atoms with Crippen LogP contribution in [0.25, 0.3) is 0 Å². The fourth-order valence-electron chi connectivity index (χ4n) is 5.37. The third-order valence-electron chi connectivity index (χ3n) is 7.30. The second-order valence-corrected chi connectivity index (χ2v) is 9.59. The predicted octanol–water partition coefficient (Wildman–Crippen LogP) is 8.65. The van der Waals surface area contributed by atoms with Crippen molar-refractivity contribution in [3.63, 3.8) is 0 Å². The van der Waals surface area contributed by atoms with Crippen molar-refractivity contribution in [3.05, 3.63) is 83.9 Å². The van der Waals surface area contributed by atoms with Crippen LogP contribution in [0.2, 0.25) is 0 Å². The second-order valence-electron chi connectivity index (χ2n) is 9.59. The van der Waals surface area contributed by atoms with Crippen LogP contribution in [0.3, 0.4) is 0 Å². The van der Waals surface area contributed by atoms with Crippen LogP contribution in [-0.2, 0) is 6.42 Å². The minimum atomic E-state index is 0.507. The number of hydrogen-bond donors (Lipinski definition) is 0. The van der Waals surface area contributed by atoms with Gasteiger partial charge in [0, 0.05) is 5.92 Å². The average molecular weight is 443 g/mol. The Balaban J connectivity index is 1.68. The van der Waals surface area contributed by atoms with Gasteiger partial charge in [-0.25, -0.2) is 0 Å². The van der Waals surface area contributed by atoms with Gasteiger partial charge in [0.1, 0.15) is 0 Å². The Morgan fingerprint density at radius 2 is 1.73 bits per heavy atom. The van der Waals surface area contributed by atoms with Crippen molar-refractivity contribution < 1.29 is 0 Å².